The maximum atomic E-state index is 12.9. The molecule has 1 fully saturated rings. The summed E-state index contributed by atoms with van der Waals surface area (Å²) in [5.74, 6) is -0.318. The Bertz CT molecular complexity index is 1220. The van der Waals surface area contributed by atoms with E-state index in [4.69, 9.17) is 15.2 Å². The van der Waals surface area contributed by atoms with Crippen LogP contribution in [0.4, 0.5) is 0 Å². The zero-order chi connectivity index (χ0) is 24.0. The predicted molar refractivity (Wildman–Crippen MR) is 125 cm³/mol. The summed E-state index contributed by atoms with van der Waals surface area (Å²) in [7, 11) is 0. The van der Waals surface area contributed by atoms with E-state index >= 15 is 0 Å². The van der Waals surface area contributed by atoms with E-state index in [2.05, 4.69) is 15.5 Å². The van der Waals surface area contributed by atoms with Gasteiger partial charge in [-0.25, -0.2) is 4.79 Å². The minimum absolute atomic E-state index is 0.0342. The Kier molecular flexibility index (Phi) is 6.14. The van der Waals surface area contributed by atoms with Crippen LogP contribution in [0.2, 0.25) is 0 Å². The molecule has 4 heterocycles. The normalized spacial score (nSPS) is 21.7. The van der Waals surface area contributed by atoms with Crippen molar-refractivity contribution >= 4 is 52.6 Å². The number of carbonyl (C=O) groups excluding carboxylic acids is 2. The number of nitrogens with one attached hydrogen (secondary N) is 1. The number of carboxylic acids is 1. The van der Waals surface area contributed by atoms with Crippen molar-refractivity contribution in [3.63, 3.8) is 0 Å². The van der Waals surface area contributed by atoms with E-state index in [1.54, 1.807) is 18.2 Å². The lowest BCUT2D eigenvalue weighted by molar-refractivity contribution is -0.150. The number of nitrogens with zero attached hydrogens (tertiary/aromatic N) is 3. The number of aromatic nitrogens is 2. The van der Waals surface area contributed by atoms with Crippen LogP contribution >= 0.6 is 34.9 Å². The molecule has 0 bridgehead atoms. The number of amides is 2. The van der Waals surface area contributed by atoms with Crippen molar-refractivity contribution in [3.05, 3.63) is 40.0 Å². The molecule has 4 N–H and O–H groups in total. The fourth-order valence-corrected chi connectivity index (χ4v) is 7.08. The minimum atomic E-state index is -1.18. The monoisotopic (exact) mass is 521 g/mol. The van der Waals surface area contributed by atoms with E-state index in [1.165, 1.54) is 39.8 Å². The van der Waals surface area contributed by atoms with Crippen LogP contribution in [0.3, 0.4) is 0 Å². The van der Waals surface area contributed by atoms with Crippen molar-refractivity contribution in [2.24, 2.45) is 5.73 Å². The van der Waals surface area contributed by atoms with Gasteiger partial charge < -0.3 is 25.6 Å². The molecule has 14 heteroatoms. The van der Waals surface area contributed by atoms with Gasteiger partial charge in [0.15, 0.2) is 15.8 Å². The van der Waals surface area contributed by atoms with Crippen molar-refractivity contribution in [1.29, 1.82) is 0 Å². The molecule has 0 aliphatic carbocycles. The quantitative estimate of drug-likeness (QED) is 0.354. The highest BCUT2D eigenvalue weighted by Crippen LogP contribution is 2.42. The van der Waals surface area contributed by atoms with E-state index in [0.29, 0.717) is 34.1 Å². The maximum absolute atomic E-state index is 12.9. The number of fused-ring (bicyclic) bond motifs is 2. The molecule has 0 saturated carbocycles. The van der Waals surface area contributed by atoms with E-state index < -0.39 is 35.2 Å². The second kappa shape index (κ2) is 9.09. The van der Waals surface area contributed by atoms with E-state index in [1.807, 2.05) is 6.92 Å². The number of thioether (sulfide) groups is 2. The number of ether oxygens (including phenoxy) is 2. The molecule has 2 amide bonds. The second-order valence-electron chi connectivity index (χ2n) is 7.62. The van der Waals surface area contributed by atoms with Crippen LogP contribution < -0.4 is 20.5 Å². The van der Waals surface area contributed by atoms with Crippen molar-refractivity contribution in [1.82, 2.24) is 20.4 Å². The van der Waals surface area contributed by atoms with Crippen LogP contribution in [-0.4, -0.2) is 67.7 Å². The van der Waals surface area contributed by atoms with Gasteiger partial charge >= 0.3 is 5.97 Å². The van der Waals surface area contributed by atoms with Crippen LogP contribution in [0.25, 0.3) is 0 Å². The highest BCUT2D eigenvalue weighted by molar-refractivity contribution is 8.01. The Hall–Kier alpha value is -2.81. The van der Waals surface area contributed by atoms with Gasteiger partial charge in [-0.05, 0) is 30.2 Å². The Balaban J connectivity index is 1.27. The van der Waals surface area contributed by atoms with Crippen LogP contribution in [0.5, 0.6) is 11.5 Å². The zero-order valence-electron chi connectivity index (χ0n) is 17.7. The van der Waals surface area contributed by atoms with Gasteiger partial charge in [0, 0.05) is 11.5 Å². The molecule has 2 unspecified atom stereocenters. The van der Waals surface area contributed by atoms with Crippen LogP contribution in [-0.2, 0) is 14.4 Å². The highest BCUT2D eigenvalue weighted by Gasteiger charge is 2.54. The SMILES string of the molecule is Cc1nnc(SCC2=C(C(=O)O)N3C(=O)C(NC(=O)[C@H](N)c4ccc5c(c4)OCO5)C3SC2)s1. The number of carbonyl (C=O) groups is 3. The van der Waals surface area contributed by atoms with Gasteiger partial charge in [-0.1, -0.05) is 29.2 Å². The molecule has 1 aromatic heterocycles. The van der Waals surface area contributed by atoms with Crippen LogP contribution in [0, 0.1) is 6.92 Å². The molecule has 3 aliphatic heterocycles. The highest BCUT2D eigenvalue weighted by atomic mass is 32.2. The average Bonchev–Trinajstić information content (AvgIpc) is 3.47. The Morgan fingerprint density at radius 1 is 1.35 bits per heavy atom. The number of β-lactam (4-membered cyclic amide) rings is 1. The molecule has 2 aromatic rings. The molecule has 34 heavy (non-hydrogen) atoms. The third kappa shape index (κ3) is 4.10. The van der Waals surface area contributed by atoms with Gasteiger partial charge in [0.1, 0.15) is 28.2 Å². The molecule has 1 aromatic carbocycles. The summed E-state index contributed by atoms with van der Waals surface area (Å²) in [6.45, 7) is 1.95. The van der Waals surface area contributed by atoms with Crippen LogP contribution in [0.1, 0.15) is 16.6 Å². The Morgan fingerprint density at radius 3 is 2.88 bits per heavy atom. The maximum Gasteiger partial charge on any atom is 0.352 e. The standard InChI is InChI=1S/C20H19N5O6S3/c1-8-23-24-20(34-8)33-6-10-5-32-18-14(17(27)25(18)15(10)19(28)29)22-16(26)13(21)9-2-3-11-12(4-9)31-7-30-11/h2-4,13-14,18H,5-7,21H2,1H3,(H,22,26)(H,28,29)/t13-,14?,18?/m1/s1. The summed E-state index contributed by atoms with van der Waals surface area (Å²) in [5.41, 5.74) is 7.22. The van der Waals surface area contributed by atoms with Crippen LogP contribution in [0.15, 0.2) is 33.8 Å². The second-order valence-corrected chi connectivity index (χ2v) is 11.1. The predicted octanol–water partition coefficient (Wildman–Crippen LogP) is 1.11. The lowest BCUT2D eigenvalue weighted by Gasteiger charge is -2.49. The summed E-state index contributed by atoms with van der Waals surface area (Å²) >= 11 is 4.22. The number of aryl methyl sites for hydroxylation is 1. The number of hydrogen-bond acceptors (Lipinski definition) is 11. The zero-order valence-corrected chi connectivity index (χ0v) is 20.2. The number of rotatable bonds is 7. The summed E-state index contributed by atoms with van der Waals surface area (Å²) in [6.07, 6.45) is 0. The fourth-order valence-electron chi connectivity index (χ4n) is 3.78. The Labute approximate surface area is 206 Å². The van der Waals surface area contributed by atoms with Gasteiger partial charge in [-0.2, -0.15) is 0 Å². The number of nitrogens with two attached hydrogens (primary N) is 1. The first-order valence-corrected chi connectivity index (χ1v) is 13.0. The lowest BCUT2D eigenvalue weighted by atomic mass is 10.0. The topological polar surface area (TPSA) is 157 Å². The van der Waals surface area contributed by atoms with E-state index in [-0.39, 0.29) is 12.5 Å². The summed E-state index contributed by atoms with van der Waals surface area (Å²) < 4.78 is 11.3. The van der Waals surface area contributed by atoms with Crippen molar-refractivity contribution < 1.29 is 29.0 Å². The number of aliphatic carboxylic acids is 1. The van der Waals surface area contributed by atoms with Crippen molar-refractivity contribution in [3.8, 4) is 11.5 Å². The third-order valence-electron chi connectivity index (χ3n) is 5.46. The molecule has 0 radical (unpaired) electrons. The van der Waals surface area contributed by atoms with E-state index in [9.17, 15) is 19.5 Å². The number of carboxylic acid groups (broad SMARTS) is 1. The van der Waals surface area contributed by atoms with Crippen molar-refractivity contribution in [2.75, 3.05) is 18.3 Å². The molecule has 0 spiro atoms. The molecule has 5 rings (SSSR count). The minimum Gasteiger partial charge on any atom is -0.477 e. The lowest BCUT2D eigenvalue weighted by Crippen LogP contribution is -2.71. The first-order valence-electron chi connectivity index (χ1n) is 10.1. The first kappa shape index (κ1) is 23.0. The summed E-state index contributed by atoms with van der Waals surface area (Å²) in [5, 5.41) is 20.8. The van der Waals surface area contributed by atoms with Gasteiger partial charge in [0.05, 0.1) is 0 Å². The molecule has 11 nitrogen and oxygen atoms in total. The van der Waals surface area contributed by atoms with Gasteiger partial charge in [-0.15, -0.1) is 22.0 Å². The molecule has 178 valence electrons. The molecule has 1 saturated heterocycles. The molecular weight excluding hydrogens is 502 g/mol. The molecule has 3 aliphatic rings. The Morgan fingerprint density at radius 2 is 2.15 bits per heavy atom. The van der Waals surface area contributed by atoms with Gasteiger partial charge in [0.25, 0.3) is 5.91 Å². The average molecular weight is 522 g/mol. The molecular formula is C20H19N5O6S3. The van der Waals surface area contributed by atoms with E-state index in [0.717, 1.165) is 9.35 Å². The molecule has 3 atom stereocenters. The first-order chi connectivity index (χ1) is 16.3. The number of benzene rings is 1. The summed E-state index contributed by atoms with van der Waals surface area (Å²) in [6, 6.07) is 3.08. The van der Waals surface area contributed by atoms with Gasteiger partial charge in [0.2, 0.25) is 12.7 Å². The largest absolute Gasteiger partial charge is 0.477 e. The van der Waals surface area contributed by atoms with Gasteiger partial charge in [-0.3, -0.25) is 14.5 Å². The smallest absolute Gasteiger partial charge is 0.352 e. The number of hydrogen-bond donors (Lipinski definition) is 3. The van der Waals surface area contributed by atoms with Crippen molar-refractivity contribution in [2.45, 2.75) is 28.7 Å². The summed E-state index contributed by atoms with van der Waals surface area (Å²) in [4.78, 5) is 38.9. The fraction of sp³-hybridized carbons (Fsp3) is 0.350. The third-order valence-corrected chi connectivity index (χ3v) is 8.86.